The number of hydrogen-bond acceptors (Lipinski definition) is 12. The van der Waals surface area contributed by atoms with Gasteiger partial charge in [0, 0.05) is 53.4 Å². The predicted octanol–water partition coefficient (Wildman–Crippen LogP) is 6.52. The Bertz CT molecular complexity index is 3030. The summed E-state index contributed by atoms with van der Waals surface area (Å²) in [6, 6.07) is 22.5. The van der Waals surface area contributed by atoms with E-state index < -0.39 is 23.7 Å². The maximum absolute atomic E-state index is 13.4. The number of aryl methyl sites for hydroxylation is 2. The Balaban J connectivity index is 0.634. The molecule has 17 nitrogen and oxygen atoms in total. The molecular formula is C54H55ClF3N7O10. The van der Waals surface area contributed by atoms with Gasteiger partial charge in [-0.15, -0.1) is 0 Å². The van der Waals surface area contributed by atoms with Crippen LogP contribution >= 0.6 is 11.6 Å². The van der Waals surface area contributed by atoms with E-state index in [1.165, 1.54) is 21.7 Å². The summed E-state index contributed by atoms with van der Waals surface area (Å²) in [4.78, 5) is 57.9. The van der Waals surface area contributed by atoms with Crippen LogP contribution in [0.4, 0.5) is 13.2 Å². The molecule has 394 valence electrons. The smallest absolute Gasteiger partial charge is 0.416 e. The van der Waals surface area contributed by atoms with Crippen molar-refractivity contribution >= 4 is 46.3 Å². The van der Waals surface area contributed by atoms with Crippen LogP contribution < -0.4 is 10.6 Å². The second kappa shape index (κ2) is 25.9. The second-order valence-electron chi connectivity index (χ2n) is 17.6. The molecule has 6 aromatic rings. The topological polar surface area (TPSA) is 208 Å². The fraction of sp³-hybridized carbons (Fsp3) is 0.370. The van der Waals surface area contributed by atoms with Crippen molar-refractivity contribution in [3.63, 3.8) is 0 Å². The average molecular weight is 1050 g/mol. The summed E-state index contributed by atoms with van der Waals surface area (Å²) in [7, 11) is 0. The van der Waals surface area contributed by atoms with Gasteiger partial charge in [0.2, 0.25) is 29.5 Å². The summed E-state index contributed by atoms with van der Waals surface area (Å²) in [5.41, 5.74) is 5.83. The van der Waals surface area contributed by atoms with Crippen LogP contribution in [0, 0.1) is 11.8 Å². The van der Waals surface area contributed by atoms with Crippen LogP contribution in [0.2, 0.25) is 5.02 Å². The Morgan fingerprint density at radius 3 is 2.25 bits per heavy atom. The molecular weight excluding hydrogens is 999 g/mol. The van der Waals surface area contributed by atoms with E-state index >= 15 is 0 Å². The minimum atomic E-state index is -4.49. The number of hydrogen-bond donors (Lipinski definition) is 4. The Morgan fingerprint density at radius 1 is 0.827 bits per heavy atom. The molecule has 1 saturated heterocycles. The number of fused-ring (bicyclic) bond motifs is 2. The van der Waals surface area contributed by atoms with Crippen LogP contribution in [0.15, 0.2) is 84.9 Å². The minimum absolute atomic E-state index is 0.117. The van der Waals surface area contributed by atoms with E-state index in [-0.39, 0.29) is 75.5 Å². The molecule has 2 aliphatic heterocycles. The first-order valence-electron chi connectivity index (χ1n) is 24.4. The van der Waals surface area contributed by atoms with Gasteiger partial charge in [-0.2, -0.15) is 23.0 Å². The van der Waals surface area contributed by atoms with Gasteiger partial charge in [0.25, 0.3) is 5.91 Å². The summed E-state index contributed by atoms with van der Waals surface area (Å²) >= 11 is 6.15. The maximum Gasteiger partial charge on any atom is 0.416 e. The lowest BCUT2D eigenvalue weighted by Gasteiger charge is -2.29. The number of aromatic nitrogens is 4. The zero-order valence-electron chi connectivity index (χ0n) is 40.8. The van der Waals surface area contributed by atoms with Gasteiger partial charge in [-0.3, -0.25) is 24.5 Å². The van der Waals surface area contributed by atoms with Crippen molar-refractivity contribution in [3.05, 3.63) is 129 Å². The number of halogens is 4. The zero-order chi connectivity index (χ0) is 52.7. The van der Waals surface area contributed by atoms with E-state index in [4.69, 9.17) is 35.3 Å². The monoisotopic (exact) mass is 1050 g/mol. The lowest BCUT2D eigenvalue weighted by atomic mass is 9.99. The quantitative estimate of drug-likeness (QED) is 0.0275. The molecule has 4 aromatic carbocycles. The van der Waals surface area contributed by atoms with Gasteiger partial charge in [-0.05, 0) is 97.3 Å². The molecule has 1 fully saturated rings. The van der Waals surface area contributed by atoms with Crippen LogP contribution in [-0.2, 0) is 70.1 Å². The number of amides is 4. The SMILES string of the molecule is O=C(COCCOCCOCCOCCCc1ccc(CCc2c(-c3ccc(C(F)(F)F)cc3)nn(-c3nc4cc(Cl)ccc4[nH]3)c2O)cc1)NCCOCC#Cc1ccc2c(c1)CN(C1CCC(=O)NC1=O)C2=O. The van der Waals surface area contributed by atoms with Gasteiger partial charge in [0.05, 0.1) is 62.8 Å². The normalized spacial score (nSPS) is 14.5. The van der Waals surface area contributed by atoms with E-state index in [1.807, 2.05) is 30.3 Å². The number of benzene rings is 4. The molecule has 2 aromatic heterocycles. The number of aromatic amines is 1. The molecule has 8 rings (SSSR count). The molecule has 0 saturated carbocycles. The van der Waals surface area contributed by atoms with E-state index in [0.29, 0.717) is 103 Å². The average Bonchev–Trinajstić information content (AvgIpc) is 4.07. The molecule has 2 aliphatic rings. The third kappa shape index (κ3) is 14.8. The predicted molar refractivity (Wildman–Crippen MR) is 269 cm³/mol. The lowest BCUT2D eigenvalue weighted by Crippen LogP contribution is -2.52. The first-order valence-corrected chi connectivity index (χ1v) is 24.8. The van der Waals surface area contributed by atoms with Gasteiger partial charge in [-0.25, -0.2) is 4.98 Å². The fourth-order valence-corrected chi connectivity index (χ4v) is 8.67. The number of carbonyl (C=O) groups excluding carboxylic acids is 4. The molecule has 4 amide bonds. The summed E-state index contributed by atoms with van der Waals surface area (Å²) in [6.45, 7) is 3.54. The maximum atomic E-state index is 13.4. The van der Waals surface area contributed by atoms with Gasteiger partial charge < -0.3 is 44.0 Å². The number of carbonyl (C=O) groups is 4. The first kappa shape index (κ1) is 54.2. The summed E-state index contributed by atoms with van der Waals surface area (Å²) in [5, 5.41) is 21.6. The van der Waals surface area contributed by atoms with Crippen molar-refractivity contribution in [3.8, 4) is 34.9 Å². The van der Waals surface area contributed by atoms with Crippen LogP contribution in [-0.4, -0.2) is 132 Å². The standard InChI is InChI=1S/C54H55ClF3N7O10/c55-41-15-18-44-45(32-41)61-53(60-44)65-52(70)43(49(63-65)38-11-13-40(14-12-38)54(56,57)58)17-9-36-7-5-35(6-8-36)3-1-23-72-25-26-73-27-28-74-29-30-75-34-48(67)59-21-24-71-22-2-4-37-10-16-42-39(31-37)33-64(51(42)69)46-19-20-47(66)62-50(46)68/h5-8,10-16,18,31-32,46,70H,1,3,9,17,19-30,33-34H2,(H,59,67)(H,60,61)(H,62,66,68). The highest BCUT2D eigenvalue weighted by atomic mass is 35.5. The van der Waals surface area contributed by atoms with E-state index in [1.54, 1.807) is 30.3 Å². The van der Waals surface area contributed by atoms with Crippen LogP contribution in [0.1, 0.15) is 63.0 Å². The Kier molecular flexibility index (Phi) is 18.7. The summed E-state index contributed by atoms with van der Waals surface area (Å²) in [5.74, 6) is 4.68. The number of piperidine rings is 1. The van der Waals surface area contributed by atoms with Crippen LogP contribution in [0.5, 0.6) is 5.88 Å². The van der Waals surface area contributed by atoms with Crippen molar-refractivity contribution in [2.75, 3.05) is 72.6 Å². The molecule has 4 heterocycles. The molecule has 21 heteroatoms. The second-order valence-corrected chi connectivity index (χ2v) is 18.1. The van der Waals surface area contributed by atoms with E-state index in [0.717, 1.165) is 41.7 Å². The van der Waals surface area contributed by atoms with Crippen molar-refractivity contribution in [2.45, 2.75) is 57.3 Å². The fourth-order valence-electron chi connectivity index (χ4n) is 8.51. The lowest BCUT2D eigenvalue weighted by molar-refractivity contribution is -0.138. The van der Waals surface area contributed by atoms with Crippen molar-refractivity contribution in [1.29, 1.82) is 0 Å². The molecule has 0 spiro atoms. The van der Waals surface area contributed by atoms with Crippen molar-refractivity contribution in [1.82, 2.24) is 35.3 Å². The molecule has 0 aliphatic carbocycles. The minimum Gasteiger partial charge on any atom is -0.493 e. The largest absolute Gasteiger partial charge is 0.493 e. The van der Waals surface area contributed by atoms with Crippen molar-refractivity contribution < 1.29 is 61.1 Å². The Morgan fingerprint density at radius 2 is 1.53 bits per heavy atom. The number of imidazole rings is 1. The highest BCUT2D eigenvalue weighted by molar-refractivity contribution is 6.31. The molecule has 1 atom stereocenters. The van der Waals surface area contributed by atoms with Gasteiger partial charge in [0.1, 0.15) is 24.9 Å². The number of alkyl halides is 3. The molecule has 4 N–H and O–H groups in total. The van der Waals surface area contributed by atoms with Crippen LogP contribution in [0.3, 0.4) is 0 Å². The van der Waals surface area contributed by atoms with E-state index in [2.05, 4.69) is 37.5 Å². The Labute approximate surface area is 435 Å². The molecule has 0 radical (unpaired) electrons. The number of ether oxygens (including phenoxy) is 5. The number of imide groups is 1. The van der Waals surface area contributed by atoms with Gasteiger partial charge in [-0.1, -0.05) is 59.8 Å². The summed E-state index contributed by atoms with van der Waals surface area (Å²) < 4.78 is 69.0. The number of nitrogens with zero attached hydrogens (tertiary/aromatic N) is 4. The highest BCUT2D eigenvalue weighted by Gasteiger charge is 2.39. The number of H-pyrrole nitrogens is 1. The number of nitrogens with one attached hydrogen (secondary N) is 3. The molecule has 0 bridgehead atoms. The highest BCUT2D eigenvalue weighted by Crippen LogP contribution is 2.36. The van der Waals surface area contributed by atoms with Crippen molar-refractivity contribution in [2.24, 2.45) is 0 Å². The van der Waals surface area contributed by atoms with E-state index in [9.17, 15) is 37.5 Å². The molecule has 75 heavy (non-hydrogen) atoms. The number of rotatable bonds is 25. The molecule has 1 unspecified atom stereocenters. The first-order chi connectivity index (χ1) is 36.3. The third-order valence-corrected chi connectivity index (χ3v) is 12.6. The number of aromatic hydroxyl groups is 1. The van der Waals surface area contributed by atoms with Gasteiger partial charge in [0.15, 0.2) is 0 Å². The summed E-state index contributed by atoms with van der Waals surface area (Å²) in [6.07, 6.45) is -1.49. The third-order valence-electron chi connectivity index (χ3n) is 12.4. The zero-order valence-corrected chi connectivity index (χ0v) is 41.6. The Hall–Kier alpha value is -7.12. The van der Waals surface area contributed by atoms with Gasteiger partial charge >= 0.3 is 6.18 Å². The van der Waals surface area contributed by atoms with Crippen LogP contribution in [0.25, 0.3) is 28.2 Å².